The van der Waals surface area contributed by atoms with Crippen LogP contribution in [0.25, 0.3) is 0 Å². The highest BCUT2D eigenvalue weighted by Gasteiger charge is 2.23. The molecule has 116 valence electrons. The van der Waals surface area contributed by atoms with Gasteiger partial charge >= 0.3 is 0 Å². The molecule has 0 bridgehead atoms. The molecule has 0 radical (unpaired) electrons. The van der Waals surface area contributed by atoms with Crippen molar-refractivity contribution in [2.75, 3.05) is 18.1 Å². The van der Waals surface area contributed by atoms with Gasteiger partial charge in [-0.25, -0.2) is 4.98 Å². The Bertz CT molecular complexity index is 467. The van der Waals surface area contributed by atoms with E-state index in [1.54, 1.807) is 12.3 Å². The van der Waals surface area contributed by atoms with E-state index in [1.165, 1.54) is 12.8 Å². The molecule has 2 atom stereocenters. The van der Waals surface area contributed by atoms with Gasteiger partial charge in [0.25, 0.3) is 5.91 Å². The molecule has 1 amide bonds. The predicted molar refractivity (Wildman–Crippen MR) is 90.0 cm³/mol. The molecule has 0 spiro atoms. The molecular formula is C16H25N3OS. The number of hydrogen-bond donors (Lipinski definition) is 2. The first-order valence-corrected chi connectivity index (χ1v) is 9.05. The van der Waals surface area contributed by atoms with Gasteiger partial charge in [-0.15, -0.1) is 0 Å². The fourth-order valence-corrected chi connectivity index (χ4v) is 3.51. The van der Waals surface area contributed by atoms with Gasteiger partial charge in [-0.05, 0) is 44.1 Å². The van der Waals surface area contributed by atoms with Gasteiger partial charge in [0.05, 0.1) is 0 Å². The average Bonchev–Trinajstić information content (AvgIpc) is 2.53. The lowest BCUT2D eigenvalue weighted by atomic mass is 9.94. The van der Waals surface area contributed by atoms with Gasteiger partial charge in [-0.2, -0.15) is 11.8 Å². The third-order valence-corrected chi connectivity index (χ3v) is 4.97. The smallest absolute Gasteiger partial charge is 0.251 e. The predicted octanol–water partition coefficient (Wildman–Crippen LogP) is 3.31. The maximum absolute atomic E-state index is 12.4. The van der Waals surface area contributed by atoms with Crippen LogP contribution in [0.5, 0.6) is 0 Å². The number of amides is 1. The van der Waals surface area contributed by atoms with E-state index in [4.69, 9.17) is 0 Å². The molecule has 2 unspecified atom stereocenters. The Morgan fingerprint density at radius 1 is 1.48 bits per heavy atom. The van der Waals surface area contributed by atoms with Gasteiger partial charge < -0.3 is 10.6 Å². The molecule has 1 aromatic rings. The van der Waals surface area contributed by atoms with Crippen molar-refractivity contribution in [2.24, 2.45) is 0 Å². The molecule has 2 rings (SSSR count). The number of thioether (sulfide) groups is 1. The average molecular weight is 307 g/mol. The summed E-state index contributed by atoms with van der Waals surface area (Å²) in [6.45, 7) is 2.98. The van der Waals surface area contributed by atoms with Crippen LogP contribution in [-0.2, 0) is 0 Å². The highest BCUT2D eigenvalue weighted by molar-refractivity contribution is 7.99. The van der Waals surface area contributed by atoms with Crippen molar-refractivity contribution >= 4 is 23.5 Å². The lowest BCUT2D eigenvalue weighted by Gasteiger charge is -2.28. The van der Waals surface area contributed by atoms with Gasteiger partial charge in [-0.1, -0.05) is 13.3 Å². The Hall–Kier alpha value is -1.23. The first kappa shape index (κ1) is 16.1. The molecule has 1 aromatic heterocycles. The number of aromatic nitrogens is 1. The molecule has 0 aliphatic heterocycles. The Kier molecular flexibility index (Phi) is 6.36. The lowest BCUT2D eigenvalue weighted by molar-refractivity contribution is 0.0928. The van der Waals surface area contributed by atoms with Crippen LogP contribution in [0.15, 0.2) is 18.3 Å². The summed E-state index contributed by atoms with van der Waals surface area (Å²) in [5.41, 5.74) is 0.690. The SMILES string of the molecule is CCCNc1cc(C(=O)NC2CCCC(SC)C2)ccn1. The van der Waals surface area contributed by atoms with Crippen LogP contribution in [0, 0.1) is 0 Å². The summed E-state index contributed by atoms with van der Waals surface area (Å²) in [7, 11) is 0. The van der Waals surface area contributed by atoms with Crippen LogP contribution in [0.2, 0.25) is 0 Å². The van der Waals surface area contributed by atoms with Crippen LogP contribution >= 0.6 is 11.8 Å². The number of pyridine rings is 1. The minimum Gasteiger partial charge on any atom is -0.370 e. The molecule has 0 aromatic carbocycles. The molecule has 1 aliphatic rings. The van der Waals surface area contributed by atoms with Crippen molar-refractivity contribution in [3.05, 3.63) is 23.9 Å². The van der Waals surface area contributed by atoms with Crippen molar-refractivity contribution in [3.63, 3.8) is 0 Å². The van der Waals surface area contributed by atoms with Gasteiger partial charge in [0.15, 0.2) is 0 Å². The minimum atomic E-state index is 0.0173. The monoisotopic (exact) mass is 307 g/mol. The second-order valence-corrected chi connectivity index (χ2v) is 6.69. The van der Waals surface area contributed by atoms with E-state index in [2.05, 4.69) is 28.8 Å². The van der Waals surface area contributed by atoms with E-state index in [9.17, 15) is 4.79 Å². The van der Waals surface area contributed by atoms with Crippen molar-refractivity contribution in [3.8, 4) is 0 Å². The highest BCUT2D eigenvalue weighted by Crippen LogP contribution is 2.27. The van der Waals surface area contributed by atoms with Crippen molar-refractivity contribution < 1.29 is 4.79 Å². The molecular weight excluding hydrogens is 282 g/mol. The fourth-order valence-electron chi connectivity index (χ4n) is 2.68. The molecule has 1 heterocycles. The lowest BCUT2D eigenvalue weighted by Crippen LogP contribution is -2.39. The number of carbonyl (C=O) groups excluding carboxylic acids is 1. The summed E-state index contributed by atoms with van der Waals surface area (Å²) in [6.07, 6.45) is 9.54. The number of nitrogens with zero attached hydrogens (tertiary/aromatic N) is 1. The quantitative estimate of drug-likeness (QED) is 0.846. The van der Waals surface area contributed by atoms with E-state index in [-0.39, 0.29) is 5.91 Å². The molecule has 0 saturated heterocycles. The summed E-state index contributed by atoms with van der Waals surface area (Å²) in [4.78, 5) is 16.6. The van der Waals surface area contributed by atoms with E-state index in [0.717, 1.165) is 31.6 Å². The van der Waals surface area contributed by atoms with Crippen molar-refractivity contribution in [2.45, 2.75) is 50.3 Å². The summed E-state index contributed by atoms with van der Waals surface area (Å²) >= 11 is 1.91. The Labute approximate surface area is 131 Å². The number of nitrogens with one attached hydrogen (secondary N) is 2. The highest BCUT2D eigenvalue weighted by atomic mass is 32.2. The molecule has 1 saturated carbocycles. The van der Waals surface area contributed by atoms with Crippen molar-refractivity contribution in [1.82, 2.24) is 10.3 Å². The molecule has 1 fully saturated rings. The summed E-state index contributed by atoms with van der Waals surface area (Å²) < 4.78 is 0. The zero-order valence-electron chi connectivity index (χ0n) is 12.9. The van der Waals surface area contributed by atoms with Crippen LogP contribution < -0.4 is 10.6 Å². The second-order valence-electron chi connectivity index (χ2n) is 5.55. The zero-order chi connectivity index (χ0) is 15.1. The summed E-state index contributed by atoms with van der Waals surface area (Å²) in [5.74, 6) is 0.791. The van der Waals surface area contributed by atoms with Crippen LogP contribution in [0.3, 0.4) is 0 Å². The molecule has 2 N–H and O–H groups in total. The third-order valence-electron chi connectivity index (χ3n) is 3.87. The first-order valence-electron chi connectivity index (χ1n) is 7.76. The largest absolute Gasteiger partial charge is 0.370 e. The topological polar surface area (TPSA) is 54.0 Å². The van der Waals surface area contributed by atoms with Crippen LogP contribution in [0.1, 0.15) is 49.4 Å². The van der Waals surface area contributed by atoms with Gasteiger partial charge in [0.2, 0.25) is 0 Å². The van der Waals surface area contributed by atoms with E-state index >= 15 is 0 Å². The second kappa shape index (κ2) is 8.27. The van der Waals surface area contributed by atoms with E-state index in [0.29, 0.717) is 16.9 Å². The standard InChI is InChI=1S/C16H25N3OS/c1-3-8-17-15-10-12(7-9-18-15)16(20)19-13-5-4-6-14(11-13)21-2/h7,9-10,13-14H,3-6,8,11H2,1-2H3,(H,17,18)(H,19,20). The zero-order valence-corrected chi connectivity index (χ0v) is 13.7. The maximum atomic E-state index is 12.4. The number of rotatable bonds is 6. The molecule has 4 nitrogen and oxygen atoms in total. The van der Waals surface area contributed by atoms with Gasteiger partial charge in [0.1, 0.15) is 5.82 Å². The van der Waals surface area contributed by atoms with Crippen LogP contribution in [0.4, 0.5) is 5.82 Å². The normalized spacial score (nSPS) is 21.8. The van der Waals surface area contributed by atoms with E-state index < -0.39 is 0 Å². The summed E-state index contributed by atoms with van der Waals surface area (Å²) in [6, 6.07) is 3.92. The third kappa shape index (κ3) is 4.92. The van der Waals surface area contributed by atoms with Crippen LogP contribution in [-0.4, -0.2) is 35.0 Å². The fraction of sp³-hybridized carbons (Fsp3) is 0.625. The number of carbonyl (C=O) groups is 1. The molecule has 1 aliphatic carbocycles. The Balaban J connectivity index is 1.93. The number of anilines is 1. The van der Waals surface area contributed by atoms with Crippen molar-refractivity contribution in [1.29, 1.82) is 0 Å². The molecule has 5 heteroatoms. The minimum absolute atomic E-state index is 0.0173. The summed E-state index contributed by atoms with van der Waals surface area (Å²) in [5, 5.41) is 7.07. The number of hydrogen-bond acceptors (Lipinski definition) is 4. The Morgan fingerprint density at radius 3 is 3.10 bits per heavy atom. The Morgan fingerprint density at radius 2 is 2.33 bits per heavy atom. The maximum Gasteiger partial charge on any atom is 0.251 e. The van der Waals surface area contributed by atoms with Gasteiger partial charge in [0, 0.05) is 29.6 Å². The molecule has 21 heavy (non-hydrogen) atoms. The van der Waals surface area contributed by atoms with E-state index in [1.807, 2.05) is 17.8 Å². The first-order chi connectivity index (χ1) is 10.2. The van der Waals surface area contributed by atoms with Gasteiger partial charge in [-0.3, -0.25) is 4.79 Å².